The number of ether oxygens (including phenoxy) is 1. The molecule has 1 aromatic heterocycles. The molecule has 132 valence electrons. The van der Waals surface area contributed by atoms with Crippen LogP contribution in [0.15, 0.2) is 54.2 Å². The van der Waals surface area contributed by atoms with E-state index in [1.54, 1.807) is 24.5 Å². The van der Waals surface area contributed by atoms with E-state index in [-0.39, 0.29) is 12.1 Å². The van der Waals surface area contributed by atoms with Gasteiger partial charge in [0.2, 0.25) is 10.0 Å². The Hall–Kier alpha value is -2.25. The predicted molar refractivity (Wildman–Crippen MR) is 96.2 cm³/mol. The van der Waals surface area contributed by atoms with Gasteiger partial charge in [-0.2, -0.15) is 0 Å². The molecular weight excluding hydrogens is 338 g/mol. The van der Waals surface area contributed by atoms with Crippen LogP contribution in [0.1, 0.15) is 31.2 Å². The van der Waals surface area contributed by atoms with E-state index in [0.717, 1.165) is 31.2 Å². The third-order valence-electron chi connectivity index (χ3n) is 4.06. The highest BCUT2D eigenvalue weighted by atomic mass is 32.2. The molecule has 1 aromatic carbocycles. The van der Waals surface area contributed by atoms with Gasteiger partial charge >= 0.3 is 6.01 Å². The molecule has 0 unspecified atom stereocenters. The van der Waals surface area contributed by atoms with Gasteiger partial charge < -0.3 is 4.74 Å². The fourth-order valence-corrected chi connectivity index (χ4v) is 3.91. The maximum atomic E-state index is 12.2. The first-order chi connectivity index (χ1) is 12.1. The summed E-state index contributed by atoms with van der Waals surface area (Å²) < 4.78 is 32.9. The molecule has 1 heterocycles. The maximum Gasteiger partial charge on any atom is 0.316 e. The molecule has 1 aliphatic rings. The highest BCUT2D eigenvalue weighted by Crippen LogP contribution is 2.22. The molecule has 3 rings (SSSR count). The van der Waals surface area contributed by atoms with Gasteiger partial charge in [-0.05, 0) is 43.4 Å². The van der Waals surface area contributed by atoms with Crippen LogP contribution in [-0.4, -0.2) is 30.5 Å². The highest BCUT2D eigenvalue weighted by Gasteiger charge is 2.25. The fraction of sp³-hybridized carbons (Fsp3) is 0.333. The second-order valence-electron chi connectivity index (χ2n) is 6.00. The van der Waals surface area contributed by atoms with Crippen LogP contribution in [0.25, 0.3) is 6.08 Å². The van der Waals surface area contributed by atoms with Crippen molar-refractivity contribution in [2.75, 3.05) is 0 Å². The summed E-state index contributed by atoms with van der Waals surface area (Å²) in [5, 5.41) is 1.22. The summed E-state index contributed by atoms with van der Waals surface area (Å²) in [6.45, 7) is 0. The molecule has 1 fully saturated rings. The summed E-state index contributed by atoms with van der Waals surface area (Å²) in [5.41, 5.74) is 0.854. The lowest BCUT2D eigenvalue weighted by Crippen LogP contribution is -2.38. The lowest BCUT2D eigenvalue weighted by molar-refractivity contribution is 0.132. The molecule has 0 amide bonds. The van der Waals surface area contributed by atoms with E-state index in [2.05, 4.69) is 14.7 Å². The van der Waals surface area contributed by atoms with Crippen molar-refractivity contribution in [1.29, 1.82) is 0 Å². The number of nitrogens with zero attached hydrogens (tertiary/aromatic N) is 2. The van der Waals surface area contributed by atoms with Gasteiger partial charge in [0.05, 0.1) is 0 Å². The Morgan fingerprint density at radius 1 is 1.00 bits per heavy atom. The molecule has 2 aromatic rings. The Balaban J connectivity index is 1.49. The first-order valence-corrected chi connectivity index (χ1v) is 9.84. The molecule has 0 bridgehead atoms. The molecule has 7 heteroatoms. The molecule has 6 nitrogen and oxygen atoms in total. The number of benzene rings is 1. The summed E-state index contributed by atoms with van der Waals surface area (Å²) in [7, 11) is -3.45. The van der Waals surface area contributed by atoms with Crippen LogP contribution in [0.2, 0.25) is 0 Å². The third kappa shape index (κ3) is 5.65. The zero-order valence-electron chi connectivity index (χ0n) is 13.8. The topological polar surface area (TPSA) is 81.2 Å². The first kappa shape index (κ1) is 17.6. The van der Waals surface area contributed by atoms with Crippen LogP contribution < -0.4 is 9.46 Å². The monoisotopic (exact) mass is 359 g/mol. The van der Waals surface area contributed by atoms with E-state index in [1.807, 2.05) is 30.3 Å². The van der Waals surface area contributed by atoms with E-state index in [0.29, 0.717) is 6.01 Å². The molecule has 0 aliphatic heterocycles. The van der Waals surface area contributed by atoms with Crippen LogP contribution >= 0.6 is 0 Å². The summed E-state index contributed by atoms with van der Waals surface area (Å²) in [6, 6.07) is 11.4. The molecule has 0 spiro atoms. The lowest BCUT2D eigenvalue weighted by atomic mass is 9.94. The van der Waals surface area contributed by atoms with Crippen molar-refractivity contribution in [3.05, 3.63) is 59.8 Å². The van der Waals surface area contributed by atoms with Crippen LogP contribution in [0.3, 0.4) is 0 Å². The Morgan fingerprint density at radius 2 is 1.68 bits per heavy atom. The number of nitrogens with one attached hydrogen (secondary N) is 1. The molecule has 0 radical (unpaired) electrons. The summed E-state index contributed by atoms with van der Waals surface area (Å²) in [6.07, 6.45) is 7.92. The van der Waals surface area contributed by atoms with Crippen molar-refractivity contribution in [1.82, 2.24) is 14.7 Å². The average molecular weight is 359 g/mol. The second-order valence-corrected chi connectivity index (χ2v) is 7.60. The SMILES string of the molecule is O=S(=O)(/C=C/c1ccccc1)NC1CCC(Oc2ncccn2)CC1. The van der Waals surface area contributed by atoms with E-state index >= 15 is 0 Å². The van der Waals surface area contributed by atoms with Gasteiger partial charge in [0.1, 0.15) is 6.10 Å². The van der Waals surface area contributed by atoms with Crippen molar-refractivity contribution in [2.45, 2.75) is 37.8 Å². The van der Waals surface area contributed by atoms with Crippen molar-refractivity contribution in [3.63, 3.8) is 0 Å². The van der Waals surface area contributed by atoms with Crippen molar-refractivity contribution in [2.24, 2.45) is 0 Å². The van der Waals surface area contributed by atoms with Crippen molar-refractivity contribution < 1.29 is 13.2 Å². The molecule has 25 heavy (non-hydrogen) atoms. The number of sulfonamides is 1. The summed E-state index contributed by atoms with van der Waals surface area (Å²) in [4.78, 5) is 8.10. The maximum absolute atomic E-state index is 12.2. The van der Waals surface area contributed by atoms with Gasteiger partial charge in [-0.1, -0.05) is 30.3 Å². The number of rotatable bonds is 6. The zero-order valence-corrected chi connectivity index (χ0v) is 14.6. The van der Waals surface area contributed by atoms with Gasteiger partial charge in [0.15, 0.2) is 0 Å². The number of hydrogen-bond donors (Lipinski definition) is 1. The van der Waals surface area contributed by atoms with E-state index in [9.17, 15) is 8.42 Å². The lowest BCUT2D eigenvalue weighted by Gasteiger charge is -2.28. The van der Waals surface area contributed by atoms with E-state index in [1.165, 1.54) is 5.41 Å². The second kappa shape index (κ2) is 8.22. The van der Waals surface area contributed by atoms with E-state index < -0.39 is 10.0 Å². The fourth-order valence-electron chi connectivity index (χ4n) is 2.80. The Bertz CT molecular complexity index is 787. The van der Waals surface area contributed by atoms with Crippen molar-refractivity contribution >= 4 is 16.1 Å². The number of hydrogen-bond acceptors (Lipinski definition) is 5. The molecule has 1 N–H and O–H groups in total. The Labute approximate surface area is 148 Å². The van der Waals surface area contributed by atoms with Gasteiger partial charge in [-0.15, -0.1) is 0 Å². The van der Waals surface area contributed by atoms with Crippen LogP contribution in [0.5, 0.6) is 6.01 Å². The minimum atomic E-state index is -3.45. The third-order valence-corrected chi connectivity index (χ3v) is 5.21. The van der Waals surface area contributed by atoms with E-state index in [4.69, 9.17) is 4.74 Å². The Morgan fingerprint density at radius 3 is 2.36 bits per heavy atom. The minimum absolute atomic E-state index is 0.0306. The highest BCUT2D eigenvalue weighted by molar-refractivity contribution is 7.92. The standard InChI is InChI=1S/C18H21N3O3S/c22-25(23,14-11-15-5-2-1-3-6-15)21-16-7-9-17(10-8-16)24-18-19-12-4-13-20-18/h1-6,11-14,16-17,21H,7-10H2/b14-11+. The number of aromatic nitrogens is 2. The van der Waals surface area contributed by atoms with Gasteiger partial charge in [-0.25, -0.2) is 23.1 Å². The average Bonchev–Trinajstić information content (AvgIpc) is 2.63. The predicted octanol–water partition coefficient (Wildman–Crippen LogP) is 2.76. The van der Waals surface area contributed by atoms with Gasteiger partial charge in [0.25, 0.3) is 0 Å². The summed E-state index contributed by atoms with van der Waals surface area (Å²) >= 11 is 0. The summed E-state index contributed by atoms with van der Waals surface area (Å²) in [5.74, 6) is 0. The van der Waals surface area contributed by atoms with Gasteiger partial charge in [-0.3, -0.25) is 0 Å². The van der Waals surface area contributed by atoms with Crippen molar-refractivity contribution in [3.8, 4) is 6.01 Å². The van der Waals surface area contributed by atoms with Crippen LogP contribution in [0, 0.1) is 0 Å². The molecule has 1 saturated carbocycles. The smallest absolute Gasteiger partial charge is 0.316 e. The van der Waals surface area contributed by atoms with Gasteiger partial charge in [0, 0.05) is 23.8 Å². The molecular formula is C18H21N3O3S. The Kier molecular flexibility index (Phi) is 5.78. The molecule has 0 saturated heterocycles. The molecule has 0 atom stereocenters. The normalized spacial score (nSPS) is 21.3. The van der Waals surface area contributed by atoms with Crippen LogP contribution in [-0.2, 0) is 10.0 Å². The minimum Gasteiger partial charge on any atom is -0.460 e. The van der Waals surface area contributed by atoms with Crippen LogP contribution in [0.4, 0.5) is 0 Å². The largest absolute Gasteiger partial charge is 0.460 e. The zero-order chi connectivity index (χ0) is 17.5. The first-order valence-electron chi connectivity index (χ1n) is 8.30. The quantitative estimate of drug-likeness (QED) is 0.858. The molecule has 1 aliphatic carbocycles.